The summed E-state index contributed by atoms with van der Waals surface area (Å²) in [4.78, 5) is 23.6. The lowest BCUT2D eigenvalue weighted by molar-refractivity contribution is 0.0247. The second kappa shape index (κ2) is 7.90. The monoisotopic (exact) mass is 400 g/mol. The number of hydrogen-bond donors (Lipinski definition) is 0. The molecule has 3 heterocycles. The predicted octanol–water partition coefficient (Wildman–Crippen LogP) is 2.41. The number of carbonyl (C=O) groups is 1. The molecule has 0 bridgehead atoms. The molecule has 4 rings (SSSR count). The van der Waals surface area contributed by atoms with Crippen molar-refractivity contribution in [3.63, 3.8) is 0 Å². The molecule has 29 heavy (non-hydrogen) atoms. The summed E-state index contributed by atoms with van der Waals surface area (Å²) in [5, 5.41) is 7.91. The van der Waals surface area contributed by atoms with Crippen molar-refractivity contribution in [1.29, 1.82) is 0 Å². The van der Waals surface area contributed by atoms with Crippen molar-refractivity contribution in [3.8, 4) is 11.7 Å². The van der Waals surface area contributed by atoms with Crippen LogP contribution in [0.3, 0.4) is 0 Å². The summed E-state index contributed by atoms with van der Waals surface area (Å²) >= 11 is 0. The van der Waals surface area contributed by atoms with Gasteiger partial charge in [0.2, 0.25) is 0 Å². The minimum absolute atomic E-state index is 0.000361. The highest BCUT2D eigenvalue weighted by Crippen LogP contribution is 2.26. The number of ether oxygens (including phenoxy) is 1. The van der Waals surface area contributed by atoms with Crippen molar-refractivity contribution in [2.45, 2.75) is 31.9 Å². The zero-order valence-corrected chi connectivity index (χ0v) is 15.6. The van der Waals surface area contributed by atoms with Crippen LogP contribution in [0.5, 0.6) is 6.01 Å². The van der Waals surface area contributed by atoms with Gasteiger partial charge < -0.3 is 9.64 Å². The van der Waals surface area contributed by atoms with Crippen LogP contribution in [-0.2, 0) is 0 Å². The average molecular weight is 400 g/mol. The minimum atomic E-state index is -0.593. The molecule has 10 heteroatoms. The van der Waals surface area contributed by atoms with E-state index < -0.39 is 11.6 Å². The number of halogens is 2. The van der Waals surface area contributed by atoms with Crippen molar-refractivity contribution >= 4 is 5.91 Å². The highest BCUT2D eigenvalue weighted by molar-refractivity contribution is 5.98. The molecule has 0 saturated carbocycles. The van der Waals surface area contributed by atoms with Crippen molar-refractivity contribution in [1.82, 2.24) is 29.9 Å². The number of hydrogen-bond acceptors (Lipinski definition) is 6. The van der Waals surface area contributed by atoms with Gasteiger partial charge in [0.05, 0.1) is 36.4 Å². The Kier molecular flexibility index (Phi) is 5.15. The maximum Gasteiger partial charge on any atom is 0.316 e. The second-order valence-corrected chi connectivity index (χ2v) is 6.68. The fraction of sp³-hybridized carbons (Fsp3) is 0.316. The quantitative estimate of drug-likeness (QED) is 0.669. The van der Waals surface area contributed by atoms with Gasteiger partial charge in [0, 0.05) is 6.54 Å². The van der Waals surface area contributed by atoms with E-state index in [4.69, 9.17) is 4.74 Å². The fourth-order valence-corrected chi connectivity index (χ4v) is 3.43. The number of nitrogens with zero attached hydrogens (tertiary/aromatic N) is 6. The Labute approximate surface area is 165 Å². The van der Waals surface area contributed by atoms with Crippen LogP contribution in [-0.4, -0.2) is 54.5 Å². The van der Waals surface area contributed by atoms with E-state index in [9.17, 15) is 13.6 Å². The van der Waals surface area contributed by atoms with Crippen LogP contribution < -0.4 is 4.74 Å². The zero-order valence-electron chi connectivity index (χ0n) is 15.6. The highest BCUT2D eigenvalue weighted by atomic mass is 19.1. The summed E-state index contributed by atoms with van der Waals surface area (Å²) in [7, 11) is 0. The largest absolute Gasteiger partial charge is 0.458 e. The minimum Gasteiger partial charge on any atom is -0.458 e. The molecule has 1 aliphatic rings. The number of rotatable bonds is 4. The lowest BCUT2D eigenvalue weighted by Crippen LogP contribution is -2.51. The summed E-state index contributed by atoms with van der Waals surface area (Å²) in [6, 6.07) is 4.00. The summed E-state index contributed by atoms with van der Waals surface area (Å²) in [6.07, 6.45) is 5.87. The first-order valence-electron chi connectivity index (χ1n) is 9.15. The molecular weight excluding hydrogens is 382 g/mol. The maximum atomic E-state index is 14.5. The molecule has 0 radical (unpaired) electrons. The number of likely N-dealkylation sites (tertiary alicyclic amines) is 1. The standard InChI is InChI=1S/C19H18F2N6O2/c1-12-16(29-19-22-10-13(20)11-23-19)6-3-9-26(12)18(28)14-4-2-5-15(21)17(14)27-24-7-8-25-27/h2,4-5,7-8,10-12,16H,3,6,9H2,1H3. The molecule has 1 fully saturated rings. The van der Waals surface area contributed by atoms with E-state index in [2.05, 4.69) is 20.2 Å². The first kappa shape index (κ1) is 18.9. The third-order valence-corrected chi connectivity index (χ3v) is 4.87. The zero-order chi connectivity index (χ0) is 20.4. The maximum absolute atomic E-state index is 14.5. The van der Waals surface area contributed by atoms with Gasteiger partial charge in [-0.15, -0.1) is 4.80 Å². The number of para-hydroxylation sites is 1. The smallest absolute Gasteiger partial charge is 0.316 e. The van der Waals surface area contributed by atoms with E-state index in [-0.39, 0.29) is 35.3 Å². The molecule has 1 aromatic carbocycles. The Bertz CT molecular complexity index is 996. The molecule has 8 nitrogen and oxygen atoms in total. The van der Waals surface area contributed by atoms with Gasteiger partial charge >= 0.3 is 6.01 Å². The van der Waals surface area contributed by atoms with Gasteiger partial charge in [0.1, 0.15) is 11.8 Å². The molecule has 0 spiro atoms. The van der Waals surface area contributed by atoms with Crippen molar-refractivity contribution in [2.24, 2.45) is 0 Å². The number of amides is 1. The summed E-state index contributed by atoms with van der Waals surface area (Å²) in [5.74, 6) is -1.50. The molecule has 0 aliphatic carbocycles. The number of aromatic nitrogens is 5. The average Bonchev–Trinajstić information content (AvgIpc) is 3.25. The third kappa shape index (κ3) is 3.78. The van der Waals surface area contributed by atoms with E-state index in [0.29, 0.717) is 19.4 Å². The Balaban J connectivity index is 1.59. The van der Waals surface area contributed by atoms with E-state index in [1.165, 1.54) is 24.5 Å². The Morgan fingerprint density at radius 3 is 2.62 bits per heavy atom. The summed E-state index contributed by atoms with van der Waals surface area (Å²) in [6.45, 7) is 2.34. The number of carbonyl (C=O) groups excluding carboxylic acids is 1. The van der Waals surface area contributed by atoms with Crippen LogP contribution in [0.2, 0.25) is 0 Å². The van der Waals surface area contributed by atoms with Gasteiger partial charge in [-0.1, -0.05) is 6.07 Å². The molecule has 2 unspecified atom stereocenters. The van der Waals surface area contributed by atoms with Gasteiger partial charge in [-0.05, 0) is 31.9 Å². The van der Waals surface area contributed by atoms with Gasteiger partial charge in [0.25, 0.3) is 5.91 Å². The lowest BCUT2D eigenvalue weighted by atomic mass is 9.98. The molecule has 150 valence electrons. The first-order valence-corrected chi connectivity index (χ1v) is 9.15. The third-order valence-electron chi connectivity index (χ3n) is 4.87. The van der Waals surface area contributed by atoms with Gasteiger partial charge in [-0.3, -0.25) is 4.79 Å². The number of piperidine rings is 1. The van der Waals surface area contributed by atoms with Crippen LogP contribution in [0.15, 0.2) is 43.0 Å². The van der Waals surface area contributed by atoms with Crippen molar-refractivity contribution < 1.29 is 18.3 Å². The van der Waals surface area contributed by atoms with E-state index in [0.717, 1.165) is 17.2 Å². The molecular formula is C19H18F2N6O2. The molecule has 2 aromatic heterocycles. The van der Waals surface area contributed by atoms with Crippen LogP contribution >= 0.6 is 0 Å². The van der Waals surface area contributed by atoms with Crippen LogP contribution in [0.1, 0.15) is 30.1 Å². The van der Waals surface area contributed by atoms with Crippen LogP contribution in [0.25, 0.3) is 5.69 Å². The lowest BCUT2D eigenvalue weighted by Gasteiger charge is -2.39. The topological polar surface area (TPSA) is 86.0 Å². The van der Waals surface area contributed by atoms with E-state index in [1.807, 2.05) is 6.92 Å². The van der Waals surface area contributed by atoms with Gasteiger partial charge in [0.15, 0.2) is 11.6 Å². The molecule has 1 aliphatic heterocycles. The van der Waals surface area contributed by atoms with Gasteiger partial charge in [-0.25, -0.2) is 18.7 Å². The fourth-order valence-electron chi connectivity index (χ4n) is 3.43. The normalized spacial score (nSPS) is 19.2. The second-order valence-electron chi connectivity index (χ2n) is 6.68. The summed E-state index contributed by atoms with van der Waals surface area (Å²) < 4.78 is 33.3. The predicted molar refractivity (Wildman–Crippen MR) is 97.5 cm³/mol. The SMILES string of the molecule is CC1C(Oc2ncc(F)cn2)CCCN1C(=O)c1cccc(F)c1-n1nccn1. The first-order chi connectivity index (χ1) is 14.0. The molecule has 1 saturated heterocycles. The van der Waals surface area contributed by atoms with Crippen LogP contribution in [0.4, 0.5) is 8.78 Å². The summed E-state index contributed by atoms with van der Waals surface area (Å²) in [5.41, 5.74) is 0.159. The van der Waals surface area contributed by atoms with E-state index in [1.54, 1.807) is 11.0 Å². The van der Waals surface area contributed by atoms with Gasteiger partial charge in [-0.2, -0.15) is 10.2 Å². The van der Waals surface area contributed by atoms with E-state index >= 15 is 0 Å². The number of benzene rings is 1. The van der Waals surface area contributed by atoms with Crippen LogP contribution in [0, 0.1) is 11.6 Å². The van der Waals surface area contributed by atoms with Crippen molar-refractivity contribution in [2.75, 3.05) is 6.54 Å². The molecule has 2 atom stereocenters. The Morgan fingerprint density at radius 1 is 1.17 bits per heavy atom. The van der Waals surface area contributed by atoms with Crippen molar-refractivity contribution in [3.05, 3.63) is 60.2 Å². The Hall–Kier alpha value is -3.43. The molecule has 1 amide bonds. The molecule has 3 aromatic rings. The molecule has 0 N–H and O–H groups in total. The highest BCUT2D eigenvalue weighted by Gasteiger charge is 2.35. The Morgan fingerprint density at radius 2 is 1.90 bits per heavy atom.